The number of hydrogen-bond acceptors (Lipinski definition) is 3. The highest BCUT2D eigenvalue weighted by molar-refractivity contribution is 5.93. The van der Waals surface area contributed by atoms with Crippen LogP contribution in [0, 0.1) is 0 Å². The Kier molecular flexibility index (Phi) is 4.41. The fraction of sp³-hybridized carbons (Fsp3) is 0.0500. The lowest BCUT2D eigenvalue weighted by Gasteiger charge is -2.35. The maximum Gasteiger partial charge on any atom is 0.334 e. The molecule has 1 aliphatic rings. The summed E-state index contributed by atoms with van der Waals surface area (Å²) in [6.45, 7) is 0. The number of benzene rings is 2. The van der Waals surface area contributed by atoms with Gasteiger partial charge in [0.05, 0.1) is 11.1 Å². The second-order valence-corrected chi connectivity index (χ2v) is 5.29. The van der Waals surface area contributed by atoms with Gasteiger partial charge in [-0.3, -0.25) is 0 Å². The van der Waals surface area contributed by atoms with Gasteiger partial charge in [-0.2, -0.15) is 0 Å². The summed E-state index contributed by atoms with van der Waals surface area (Å²) in [4.78, 5) is 25.0. The molecular formula is C20H15NO3. The van der Waals surface area contributed by atoms with Gasteiger partial charge in [-0.1, -0.05) is 42.5 Å². The lowest BCUT2D eigenvalue weighted by Crippen LogP contribution is -2.38. The Balaban J connectivity index is 2.21. The predicted octanol–water partition coefficient (Wildman–Crippen LogP) is 3.53. The number of carboxylic acid groups (broad SMARTS) is 1. The molecule has 2 aromatic carbocycles. The van der Waals surface area contributed by atoms with Crippen molar-refractivity contribution >= 4 is 23.3 Å². The second-order valence-electron chi connectivity index (χ2n) is 5.29. The highest BCUT2D eigenvalue weighted by Gasteiger charge is 2.32. The highest BCUT2D eigenvalue weighted by Crippen LogP contribution is 2.34. The van der Waals surface area contributed by atoms with Crippen molar-refractivity contribution in [3.8, 4) is 0 Å². The van der Waals surface area contributed by atoms with Gasteiger partial charge in [-0.15, -0.1) is 0 Å². The van der Waals surface area contributed by atoms with Crippen molar-refractivity contribution < 1.29 is 14.7 Å². The first-order valence-corrected chi connectivity index (χ1v) is 7.48. The predicted molar refractivity (Wildman–Crippen MR) is 92.9 cm³/mol. The summed E-state index contributed by atoms with van der Waals surface area (Å²) in [5.74, 6) is 0.832. The van der Waals surface area contributed by atoms with Crippen LogP contribution in [-0.4, -0.2) is 23.1 Å². The Labute approximate surface area is 139 Å². The molecule has 1 atom stereocenters. The fourth-order valence-corrected chi connectivity index (χ4v) is 2.79. The smallest absolute Gasteiger partial charge is 0.334 e. The molecule has 1 N–H and O–H groups in total. The van der Waals surface area contributed by atoms with Gasteiger partial charge in [0, 0.05) is 11.4 Å². The Morgan fingerprint density at radius 2 is 1.50 bits per heavy atom. The Hall–Kier alpha value is -3.36. The average molecular weight is 317 g/mol. The minimum atomic E-state index is -1.06. The largest absolute Gasteiger partial charge is 0.478 e. The SMILES string of the molecule is O=C=C1C=CC=C(C(=O)O)C1N(c1ccccc1)c1ccccc1. The number of anilines is 2. The van der Waals surface area contributed by atoms with E-state index in [2.05, 4.69) is 0 Å². The number of rotatable bonds is 4. The quantitative estimate of drug-likeness (QED) is 0.876. The van der Waals surface area contributed by atoms with Crippen molar-refractivity contribution in [2.45, 2.75) is 6.04 Å². The average Bonchev–Trinajstić information content (AvgIpc) is 2.63. The molecule has 118 valence electrons. The third kappa shape index (κ3) is 2.91. The summed E-state index contributed by atoms with van der Waals surface area (Å²) in [6.07, 6.45) is 4.68. The van der Waals surface area contributed by atoms with Gasteiger partial charge in [0.2, 0.25) is 0 Å². The first-order chi connectivity index (χ1) is 11.7. The van der Waals surface area contributed by atoms with Gasteiger partial charge in [-0.05, 0) is 36.4 Å². The minimum absolute atomic E-state index is 0.128. The lowest BCUT2D eigenvalue weighted by atomic mass is 9.92. The van der Waals surface area contributed by atoms with Crippen LogP contribution in [0.4, 0.5) is 11.4 Å². The van der Waals surface area contributed by atoms with Crippen LogP contribution in [0.2, 0.25) is 0 Å². The van der Waals surface area contributed by atoms with Gasteiger partial charge >= 0.3 is 5.97 Å². The maximum absolute atomic E-state index is 11.7. The van der Waals surface area contributed by atoms with Gasteiger partial charge in [-0.25, -0.2) is 9.59 Å². The Bertz CT molecular complexity index is 807. The van der Waals surface area contributed by atoms with Crippen LogP contribution in [0.3, 0.4) is 0 Å². The number of hydrogen-bond donors (Lipinski definition) is 1. The summed E-state index contributed by atoms with van der Waals surface area (Å²) < 4.78 is 0. The van der Waals surface area contributed by atoms with Crippen LogP contribution in [0.1, 0.15) is 0 Å². The molecule has 1 aliphatic carbocycles. The second kappa shape index (κ2) is 6.82. The molecule has 4 nitrogen and oxygen atoms in total. The number of carboxylic acids is 1. The lowest BCUT2D eigenvalue weighted by molar-refractivity contribution is -0.132. The van der Waals surface area contributed by atoms with Crippen molar-refractivity contribution in [1.82, 2.24) is 0 Å². The van der Waals surface area contributed by atoms with Crippen LogP contribution in [0.5, 0.6) is 0 Å². The third-order valence-corrected chi connectivity index (χ3v) is 3.83. The summed E-state index contributed by atoms with van der Waals surface area (Å²) in [6, 6.07) is 18.1. The summed E-state index contributed by atoms with van der Waals surface area (Å²) in [5, 5.41) is 9.59. The van der Waals surface area contributed by atoms with E-state index in [4.69, 9.17) is 0 Å². The van der Waals surface area contributed by atoms with Crippen LogP contribution in [-0.2, 0) is 9.59 Å². The molecule has 0 fully saturated rings. The summed E-state index contributed by atoms with van der Waals surface area (Å²) >= 11 is 0. The van der Waals surface area contributed by atoms with E-state index < -0.39 is 12.0 Å². The Morgan fingerprint density at radius 1 is 0.958 bits per heavy atom. The maximum atomic E-state index is 11.7. The molecule has 0 spiro atoms. The first-order valence-electron chi connectivity index (χ1n) is 7.48. The van der Waals surface area contributed by atoms with Crippen molar-refractivity contribution in [2.75, 3.05) is 4.90 Å². The number of allylic oxidation sites excluding steroid dienone is 2. The number of carbonyl (C=O) groups is 1. The van der Waals surface area contributed by atoms with E-state index >= 15 is 0 Å². The summed E-state index contributed by atoms with van der Waals surface area (Å²) in [5.41, 5.74) is 2.00. The van der Waals surface area contributed by atoms with E-state index in [0.29, 0.717) is 0 Å². The van der Waals surface area contributed by atoms with E-state index in [9.17, 15) is 14.7 Å². The number of carbonyl (C=O) groups excluding carboxylic acids is 1. The number of nitrogens with zero attached hydrogens (tertiary/aromatic N) is 1. The standard InChI is InChI=1S/C20H15NO3/c22-14-15-8-7-13-18(20(23)24)19(15)21(16-9-3-1-4-10-16)17-11-5-2-6-12-17/h1-13,19H,(H,23,24). The molecular weight excluding hydrogens is 302 g/mol. The molecule has 4 heteroatoms. The third-order valence-electron chi connectivity index (χ3n) is 3.83. The molecule has 2 aromatic rings. The van der Waals surface area contributed by atoms with Gasteiger partial charge in [0.25, 0.3) is 0 Å². The van der Waals surface area contributed by atoms with E-state index in [1.54, 1.807) is 12.2 Å². The van der Waals surface area contributed by atoms with Gasteiger partial charge < -0.3 is 10.0 Å². The molecule has 0 saturated carbocycles. The zero-order chi connectivity index (χ0) is 16.9. The molecule has 0 saturated heterocycles. The molecule has 0 heterocycles. The molecule has 0 amide bonds. The molecule has 1 unspecified atom stereocenters. The van der Waals surface area contributed by atoms with Crippen LogP contribution in [0.15, 0.2) is 90.0 Å². The van der Waals surface area contributed by atoms with Crippen LogP contribution >= 0.6 is 0 Å². The normalized spacial score (nSPS) is 16.2. The molecule has 24 heavy (non-hydrogen) atoms. The Morgan fingerprint density at radius 3 is 1.96 bits per heavy atom. The molecule has 0 aliphatic heterocycles. The highest BCUT2D eigenvalue weighted by atomic mass is 16.4. The van der Waals surface area contributed by atoms with E-state index in [1.165, 1.54) is 6.08 Å². The first kappa shape index (κ1) is 15.5. The van der Waals surface area contributed by atoms with Crippen molar-refractivity contribution in [3.05, 3.63) is 90.0 Å². The van der Waals surface area contributed by atoms with Crippen molar-refractivity contribution in [2.24, 2.45) is 0 Å². The van der Waals surface area contributed by atoms with Crippen LogP contribution in [0.25, 0.3) is 0 Å². The van der Waals surface area contributed by atoms with Gasteiger partial charge in [0.15, 0.2) is 0 Å². The summed E-state index contributed by atoms with van der Waals surface area (Å²) in [7, 11) is 0. The van der Waals surface area contributed by atoms with E-state index in [0.717, 1.165) is 11.4 Å². The van der Waals surface area contributed by atoms with Gasteiger partial charge in [0.1, 0.15) is 12.0 Å². The van der Waals surface area contributed by atoms with Crippen molar-refractivity contribution in [3.63, 3.8) is 0 Å². The molecule has 0 radical (unpaired) electrons. The number of para-hydroxylation sites is 2. The van der Waals surface area contributed by atoms with E-state index in [-0.39, 0.29) is 11.1 Å². The zero-order valence-electron chi connectivity index (χ0n) is 12.8. The zero-order valence-corrected chi connectivity index (χ0v) is 12.8. The monoisotopic (exact) mass is 317 g/mol. The molecule has 0 bridgehead atoms. The van der Waals surface area contributed by atoms with E-state index in [1.807, 2.05) is 71.5 Å². The number of aliphatic carboxylic acids is 1. The van der Waals surface area contributed by atoms with Crippen molar-refractivity contribution in [1.29, 1.82) is 0 Å². The molecule has 3 rings (SSSR count). The fourth-order valence-electron chi connectivity index (χ4n) is 2.79. The molecule has 0 aromatic heterocycles. The topological polar surface area (TPSA) is 57.6 Å². The minimum Gasteiger partial charge on any atom is -0.478 e. The van der Waals surface area contributed by atoms with Crippen LogP contribution < -0.4 is 4.90 Å².